The van der Waals surface area contributed by atoms with E-state index < -0.39 is 137 Å². The van der Waals surface area contributed by atoms with Crippen LogP contribution in [0.3, 0.4) is 0 Å². The number of nitrogens with one attached hydrogen (secondary N) is 1. The molecule has 3 N–H and O–H groups in total. The number of carboxylic acid groups (broad SMARTS) is 1. The fourth-order valence-electron chi connectivity index (χ4n) is 7.98. The topological polar surface area (TPSA) is 259 Å². The van der Waals surface area contributed by atoms with Crippen molar-refractivity contribution in [3.05, 3.63) is 87.3 Å². The summed E-state index contributed by atoms with van der Waals surface area (Å²) in [4.78, 5) is 136. The van der Waals surface area contributed by atoms with Crippen molar-refractivity contribution < 1.29 is 48.4 Å². The van der Waals surface area contributed by atoms with Gasteiger partial charge in [0.05, 0.1) is 40.6 Å². The minimum absolute atomic E-state index is 0.135. The van der Waals surface area contributed by atoms with Gasteiger partial charge in [-0.1, -0.05) is 13.8 Å². The summed E-state index contributed by atoms with van der Waals surface area (Å²) >= 11 is 0. The number of phenolic OH excluding ortho intramolecular Hbond substituents is 1. The van der Waals surface area contributed by atoms with E-state index in [0.717, 1.165) is 42.6 Å². The van der Waals surface area contributed by atoms with Crippen LogP contribution >= 0.6 is 0 Å². The van der Waals surface area contributed by atoms with E-state index in [-0.39, 0.29) is 33.4 Å². The number of pyridine rings is 1. The number of rotatable bonds is 8. The van der Waals surface area contributed by atoms with Gasteiger partial charge in [0.15, 0.2) is 5.43 Å². The van der Waals surface area contributed by atoms with Crippen LogP contribution in [0.4, 0.5) is 0 Å². The van der Waals surface area contributed by atoms with Gasteiger partial charge < -0.3 is 39.2 Å². The van der Waals surface area contributed by atoms with Crippen molar-refractivity contribution in [2.75, 3.05) is 13.7 Å². The Morgan fingerprint density at radius 3 is 1.90 bits per heavy atom. The Kier molecular flexibility index (Phi) is 9.97. The molecule has 2 amide bonds. The molecule has 5 aromatic carbocycles. The second kappa shape index (κ2) is 14.7. The fourth-order valence-corrected chi connectivity index (χ4v) is 7.98. The van der Waals surface area contributed by atoms with Crippen molar-refractivity contribution in [3.63, 3.8) is 0 Å². The van der Waals surface area contributed by atoms with Crippen molar-refractivity contribution in [3.8, 4) is 23.0 Å². The maximum atomic E-state index is 14.8. The maximum absolute atomic E-state index is 14.8. The number of hydrogen-bond acceptors (Lipinski definition) is 14. The minimum atomic E-state index is -1.42. The molecule has 3 unspecified atom stereocenters. The van der Waals surface area contributed by atoms with E-state index in [2.05, 4.69) is 5.32 Å². The smallest absolute Gasteiger partial charge is 0.328 e. The quantitative estimate of drug-likeness (QED) is 0.0856. The first-order valence-electron chi connectivity index (χ1n) is 18.6. The van der Waals surface area contributed by atoms with Gasteiger partial charge in [-0.25, -0.2) is 4.79 Å². The zero-order valence-corrected chi connectivity index (χ0v) is 32.8. The standard InChI is InChI=1S/C42H35N3O15/c1-7-15(2)23-12-21-29(41(55)45(23)14-26(48)44-13-22(42(56)57)43-40(54)16(44)3)35(50)27-19(34(21)49)8-9-20-28(27)36(51)32-33(39(20)58-6)38(53)31-25(60-18(5)47)11-10-24(59-17(4)46)30(31)37(32)52/h8-12,15-16,22,51H,7,13-14H2,1-6H3,(H,43,54)(H,56,57). The van der Waals surface area contributed by atoms with Crippen LogP contribution < -0.4 is 46.8 Å². The average Bonchev–Trinajstić information content (AvgIpc) is 3.19. The van der Waals surface area contributed by atoms with Gasteiger partial charge in [-0.2, -0.15) is 0 Å². The number of carbonyl (C=O) groups excluding carboxylic acids is 4. The second-order valence-corrected chi connectivity index (χ2v) is 14.5. The summed E-state index contributed by atoms with van der Waals surface area (Å²) < 4.78 is 17.1. The Morgan fingerprint density at radius 2 is 1.35 bits per heavy atom. The van der Waals surface area contributed by atoms with Gasteiger partial charge >= 0.3 is 17.9 Å². The average molecular weight is 822 g/mol. The predicted octanol–water partition coefficient (Wildman–Crippen LogP) is 1.81. The number of benzene rings is 5. The first-order valence-corrected chi connectivity index (χ1v) is 18.6. The third-order valence-electron chi connectivity index (χ3n) is 11.0. The molecular formula is C42H35N3O15. The van der Waals surface area contributed by atoms with Crippen molar-refractivity contribution >= 4 is 83.6 Å². The third-order valence-corrected chi connectivity index (χ3v) is 11.0. The number of fused-ring (bicyclic) bond motifs is 6. The number of aliphatic carboxylic acids is 1. The van der Waals surface area contributed by atoms with E-state index in [1.165, 1.54) is 25.1 Å². The van der Waals surface area contributed by atoms with Gasteiger partial charge in [-0.15, -0.1) is 0 Å². The lowest BCUT2D eigenvalue weighted by atomic mass is 9.91. The molecule has 308 valence electrons. The molecule has 0 saturated carbocycles. The van der Waals surface area contributed by atoms with Crippen LogP contribution in [0.2, 0.25) is 0 Å². The maximum Gasteiger partial charge on any atom is 0.328 e. The molecule has 0 spiro atoms. The number of hydrogen-bond donors (Lipinski definition) is 3. The monoisotopic (exact) mass is 821 g/mol. The molecule has 60 heavy (non-hydrogen) atoms. The predicted molar refractivity (Wildman–Crippen MR) is 216 cm³/mol. The van der Waals surface area contributed by atoms with Crippen LogP contribution in [-0.4, -0.2) is 75.1 Å². The highest BCUT2D eigenvalue weighted by Gasteiger charge is 2.38. The number of amides is 2. The third kappa shape index (κ3) is 6.09. The molecule has 2 heterocycles. The van der Waals surface area contributed by atoms with Gasteiger partial charge in [-0.05, 0) is 49.6 Å². The molecule has 1 aliphatic heterocycles. The number of carboxylic acids is 1. The van der Waals surface area contributed by atoms with Crippen LogP contribution in [0.5, 0.6) is 23.0 Å². The largest absolute Gasteiger partial charge is 0.506 e. The Morgan fingerprint density at radius 1 is 0.783 bits per heavy atom. The summed E-state index contributed by atoms with van der Waals surface area (Å²) in [6.45, 7) is 5.82. The van der Waals surface area contributed by atoms with Crippen molar-refractivity contribution in [2.24, 2.45) is 0 Å². The molecule has 1 fully saturated rings. The Balaban J connectivity index is 1.60. The van der Waals surface area contributed by atoms with Gasteiger partial charge in [0.25, 0.3) is 5.56 Å². The molecule has 6 aromatic rings. The Bertz CT molecular complexity index is 3250. The zero-order chi connectivity index (χ0) is 43.8. The Hall–Kier alpha value is -7.50. The highest BCUT2D eigenvalue weighted by atomic mass is 16.5. The fraction of sp³-hybridized carbons (Fsp3) is 0.286. The summed E-state index contributed by atoms with van der Waals surface area (Å²) in [6.07, 6.45) is 0.412. The van der Waals surface area contributed by atoms with Gasteiger partial charge in [0.2, 0.25) is 28.1 Å². The van der Waals surface area contributed by atoms with E-state index in [0.29, 0.717) is 6.42 Å². The van der Waals surface area contributed by atoms with E-state index >= 15 is 0 Å². The molecule has 3 atom stereocenters. The second-order valence-electron chi connectivity index (χ2n) is 14.5. The summed E-state index contributed by atoms with van der Waals surface area (Å²) in [7, 11) is 1.14. The van der Waals surface area contributed by atoms with Gasteiger partial charge in [0.1, 0.15) is 41.6 Å². The minimum Gasteiger partial charge on any atom is -0.506 e. The first-order chi connectivity index (χ1) is 28.3. The number of aromatic hydroxyl groups is 1. The highest BCUT2D eigenvalue weighted by molar-refractivity contribution is 6.23. The van der Waals surface area contributed by atoms with Gasteiger partial charge in [0, 0.05) is 46.5 Å². The molecule has 7 rings (SSSR count). The summed E-state index contributed by atoms with van der Waals surface area (Å²) in [6, 6.07) is 3.56. The van der Waals surface area contributed by atoms with E-state index in [9.17, 15) is 58.2 Å². The SMILES string of the molecule is CCC(C)c1cc2c(=O)c3ccc4c(OC)c5c(=O)c6c(OC(C)=O)ccc(OC(C)=O)c6c(=O)c5c(O)c4c3c(=O)c2c(=O)n1CC(=O)N1CC(C(=O)O)NC(=O)C1C. The summed E-state index contributed by atoms with van der Waals surface area (Å²) in [5.74, 6) is -7.23. The van der Waals surface area contributed by atoms with Crippen LogP contribution in [0.1, 0.15) is 52.7 Å². The molecule has 1 aromatic heterocycles. The van der Waals surface area contributed by atoms with Crippen LogP contribution in [0.15, 0.2) is 54.3 Å². The lowest BCUT2D eigenvalue weighted by molar-refractivity contribution is -0.151. The molecule has 0 radical (unpaired) electrons. The van der Waals surface area contributed by atoms with Gasteiger partial charge in [-0.3, -0.25) is 43.2 Å². The number of piperazine rings is 1. The van der Waals surface area contributed by atoms with E-state index in [1.807, 2.05) is 0 Å². The van der Waals surface area contributed by atoms with Crippen LogP contribution in [0.25, 0.3) is 53.9 Å². The zero-order valence-electron chi connectivity index (χ0n) is 32.8. The molecule has 1 aliphatic rings. The number of phenols is 1. The Labute approximate surface area is 335 Å². The van der Waals surface area contributed by atoms with Crippen molar-refractivity contribution in [2.45, 2.75) is 65.6 Å². The van der Waals surface area contributed by atoms with E-state index in [4.69, 9.17) is 14.2 Å². The molecule has 0 bridgehead atoms. The van der Waals surface area contributed by atoms with E-state index in [1.54, 1.807) is 13.8 Å². The lowest BCUT2D eigenvalue weighted by Crippen LogP contribution is -2.63. The van der Waals surface area contributed by atoms with Crippen LogP contribution in [0, 0.1) is 0 Å². The number of carbonyl (C=O) groups is 5. The molecule has 1 saturated heterocycles. The highest BCUT2D eigenvalue weighted by Crippen LogP contribution is 2.44. The number of methoxy groups -OCH3 is 1. The summed E-state index contributed by atoms with van der Waals surface area (Å²) in [5, 5.41) is 19.3. The number of nitrogens with zero attached hydrogens (tertiary/aromatic N) is 2. The summed E-state index contributed by atoms with van der Waals surface area (Å²) in [5.41, 5.74) is -4.89. The number of esters is 2. The first kappa shape index (κ1) is 40.7. The molecule has 0 aliphatic carbocycles. The number of ether oxygens (including phenoxy) is 3. The normalized spacial score (nSPS) is 16.0. The molecule has 18 nitrogen and oxygen atoms in total. The molecule has 18 heteroatoms. The lowest BCUT2D eigenvalue weighted by Gasteiger charge is -2.36. The van der Waals surface area contributed by atoms with Crippen LogP contribution in [-0.2, 0) is 30.5 Å². The van der Waals surface area contributed by atoms with Crippen molar-refractivity contribution in [1.82, 2.24) is 14.8 Å². The van der Waals surface area contributed by atoms with Crippen molar-refractivity contribution in [1.29, 1.82) is 0 Å². The molecular weight excluding hydrogens is 786 g/mol. The number of aromatic nitrogens is 1.